The van der Waals surface area contributed by atoms with Crippen molar-refractivity contribution in [2.75, 3.05) is 0 Å². The molecule has 1 aliphatic carbocycles. The fraction of sp³-hybridized carbons (Fsp3) is 0.588. The Morgan fingerprint density at radius 2 is 1.83 bits per heavy atom. The average molecular weight is 244 g/mol. The first-order chi connectivity index (χ1) is 8.56. The van der Waals surface area contributed by atoms with E-state index < -0.39 is 0 Å². The van der Waals surface area contributed by atoms with Crippen LogP contribution in [0.3, 0.4) is 0 Å². The summed E-state index contributed by atoms with van der Waals surface area (Å²) in [4.78, 5) is 12.3. The number of carbonyl (C=O) groups is 1. The van der Waals surface area contributed by atoms with Gasteiger partial charge in [0, 0.05) is 12.3 Å². The van der Waals surface area contributed by atoms with Gasteiger partial charge in [0.2, 0.25) is 0 Å². The molecule has 0 N–H and O–H groups in total. The summed E-state index contributed by atoms with van der Waals surface area (Å²) in [7, 11) is 0. The molecular formula is C17H24O. The van der Waals surface area contributed by atoms with Crippen LogP contribution in [-0.2, 0) is 11.2 Å². The van der Waals surface area contributed by atoms with E-state index in [9.17, 15) is 4.79 Å². The van der Waals surface area contributed by atoms with E-state index >= 15 is 0 Å². The van der Waals surface area contributed by atoms with Gasteiger partial charge in [0.1, 0.15) is 5.78 Å². The Morgan fingerprint density at radius 1 is 1.17 bits per heavy atom. The molecule has 0 aromatic heterocycles. The lowest BCUT2D eigenvalue weighted by atomic mass is 9.79. The molecule has 0 spiro atoms. The van der Waals surface area contributed by atoms with Gasteiger partial charge in [-0.25, -0.2) is 0 Å². The molecule has 18 heavy (non-hydrogen) atoms. The third-order valence-electron chi connectivity index (χ3n) is 4.34. The zero-order valence-electron chi connectivity index (χ0n) is 11.8. The van der Waals surface area contributed by atoms with Crippen molar-refractivity contribution >= 4 is 5.78 Å². The van der Waals surface area contributed by atoms with E-state index in [2.05, 4.69) is 39.0 Å². The van der Waals surface area contributed by atoms with Crippen molar-refractivity contribution in [1.29, 1.82) is 0 Å². The van der Waals surface area contributed by atoms with Crippen molar-refractivity contribution < 1.29 is 4.79 Å². The van der Waals surface area contributed by atoms with Crippen LogP contribution < -0.4 is 0 Å². The molecular weight excluding hydrogens is 220 g/mol. The van der Waals surface area contributed by atoms with E-state index in [1.807, 2.05) is 0 Å². The van der Waals surface area contributed by atoms with Gasteiger partial charge in [-0.2, -0.15) is 0 Å². The van der Waals surface area contributed by atoms with Crippen molar-refractivity contribution in [3.8, 4) is 0 Å². The summed E-state index contributed by atoms with van der Waals surface area (Å²) < 4.78 is 0. The predicted octanol–water partition coefficient (Wildman–Crippen LogP) is 4.24. The standard InChI is InChI=1S/C17H24O/c1-12-5-8-15(9-6-12)17(18)11-16-10-13(2)4-7-14(16)3/h4,7,10,12,15H,5-6,8-9,11H2,1-3H3. The Labute approximate surface area is 111 Å². The van der Waals surface area contributed by atoms with Crippen molar-refractivity contribution in [3.05, 3.63) is 34.9 Å². The van der Waals surface area contributed by atoms with E-state index in [4.69, 9.17) is 0 Å². The quantitative estimate of drug-likeness (QED) is 0.777. The largest absolute Gasteiger partial charge is 0.299 e. The molecule has 0 amide bonds. The molecule has 1 saturated carbocycles. The molecule has 0 bridgehead atoms. The Morgan fingerprint density at radius 3 is 2.50 bits per heavy atom. The molecule has 1 nitrogen and oxygen atoms in total. The lowest BCUT2D eigenvalue weighted by Crippen LogP contribution is -2.22. The first kappa shape index (κ1) is 13.3. The number of hydrogen-bond donors (Lipinski definition) is 0. The predicted molar refractivity (Wildman–Crippen MR) is 75.7 cm³/mol. The van der Waals surface area contributed by atoms with Crippen LogP contribution in [0.4, 0.5) is 0 Å². The van der Waals surface area contributed by atoms with Gasteiger partial charge in [0.05, 0.1) is 0 Å². The van der Waals surface area contributed by atoms with Crippen LogP contribution in [0.2, 0.25) is 0 Å². The second-order valence-corrected chi connectivity index (χ2v) is 6.03. The summed E-state index contributed by atoms with van der Waals surface area (Å²) in [6.07, 6.45) is 5.29. The highest BCUT2D eigenvalue weighted by Crippen LogP contribution is 2.29. The summed E-state index contributed by atoms with van der Waals surface area (Å²) >= 11 is 0. The van der Waals surface area contributed by atoms with E-state index in [-0.39, 0.29) is 0 Å². The fourth-order valence-electron chi connectivity index (χ4n) is 2.90. The molecule has 1 heteroatoms. The molecule has 0 radical (unpaired) electrons. The van der Waals surface area contributed by atoms with Gasteiger partial charge in [0.25, 0.3) is 0 Å². The Kier molecular flexibility index (Phi) is 4.21. The summed E-state index contributed by atoms with van der Waals surface area (Å²) in [6.45, 7) is 6.49. The number of benzene rings is 1. The smallest absolute Gasteiger partial charge is 0.140 e. The maximum Gasteiger partial charge on any atom is 0.140 e. The Hall–Kier alpha value is -1.11. The molecule has 2 rings (SSSR count). The second-order valence-electron chi connectivity index (χ2n) is 6.03. The van der Waals surface area contributed by atoms with Gasteiger partial charge in [-0.15, -0.1) is 0 Å². The maximum atomic E-state index is 12.3. The zero-order valence-corrected chi connectivity index (χ0v) is 11.8. The highest BCUT2D eigenvalue weighted by atomic mass is 16.1. The summed E-state index contributed by atoms with van der Waals surface area (Å²) in [5.41, 5.74) is 3.72. The van der Waals surface area contributed by atoms with Crippen LogP contribution in [0, 0.1) is 25.7 Å². The van der Waals surface area contributed by atoms with Crippen molar-refractivity contribution in [3.63, 3.8) is 0 Å². The van der Waals surface area contributed by atoms with Gasteiger partial charge in [-0.05, 0) is 43.7 Å². The number of Topliss-reactive ketones (excluding diaryl/α,β-unsaturated/α-hetero) is 1. The maximum absolute atomic E-state index is 12.3. The first-order valence-corrected chi connectivity index (χ1v) is 7.15. The molecule has 1 aromatic carbocycles. The van der Waals surface area contributed by atoms with Crippen LogP contribution in [-0.4, -0.2) is 5.78 Å². The van der Waals surface area contributed by atoms with E-state index in [1.54, 1.807) is 0 Å². The minimum absolute atomic E-state index is 0.320. The molecule has 0 heterocycles. The number of rotatable bonds is 3. The Balaban J connectivity index is 2.00. The van der Waals surface area contributed by atoms with Crippen LogP contribution in [0.25, 0.3) is 0 Å². The van der Waals surface area contributed by atoms with Crippen molar-refractivity contribution in [2.24, 2.45) is 11.8 Å². The number of carbonyl (C=O) groups excluding carboxylic acids is 1. The molecule has 0 aliphatic heterocycles. The zero-order chi connectivity index (χ0) is 13.1. The molecule has 1 aliphatic rings. The SMILES string of the molecule is Cc1ccc(C)c(CC(=O)C2CCC(C)CC2)c1. The molecule has 1 fully saturated rings. The summed E-state index contributed by atoms with van der Waals surface area (Å²) in [6, 6.07) is 6.41. The fourth-order valence-corrected chi connectivity index (χ4v) is 2.90. The highest BCUT2D eigenvalue weighted by molar-refractivity contribution is 5.83. The highest BCUT2D eigenvalue weighted by Gasteiger charge is 2.24. The minimum atomic E-state index is 0.320. The normalized spacial score (nSPS) is 23.9. The van der Waals surface area contributed by atoms with Crippen molar-refractivity contribution in [1.82, 2.24) is 0 Å². The van der Waals surface area contributed by atoms with Gasteiger partial charge in [-0.1, -0.05) is 43.5 Å². The van der Waals surface area contributed by atoms with Crippen LogP contribution in [0.1, 0.15) is 49.3 Å². The van der Waals surface area contributed by atoms with E-state index in [0.717, 1.165) is 18.8 Å². The van der Waals surface area contributed by atoms with Crippen LogP contribution in [0.5, 0.6) is 0 Å². The molecule has 98 valence electrons. The molecule has 1 aromatic rings. The molecule has 0 saturated heterocycles. The third-order valence-corrected chi connectivity index (χ3v) is 4.34. The molecule has 0 atom stereocenters. The topological polar surface area (TPSA) is 17.1 Å². The number of ketones is 1. The van der Waals surface area contributed by atoms with Gasteiger partial charge in [-0.3, -0.25) is 4.79 Å². The van der Waals surface area contributed by atoms with Gasteiger partial charge >= 0.3 is 0 Å². The van der Waals surface area contributed by atoms with Crippen LogP contribution in [0.15, 0.2) is 18.2 Å². The van der Waals surface area contributed by atoms with E-state index in [0.29, 0.717) is 18.1 Å². The lowest BCUT2D eigenvalue weighted by molar-refractivity contribution is -0.123. The Bertz CT molecular complexity index is 425. The second kappa shape index (κ2) is 5.69. The number of hydrogen-bond acceptors (Lipinski definition) is 1. The summed E-state index contributed by atoms with van der Waals surface area (Å²) in [5.74, 6) is 1.59. The summed E-state index contributed by atoms with van der Waals surface area (Å²) in [5, 5.41) is 0. The van der Waals surface area contributed by atoms with Gasteiger partial charge in [0.15, 0.2) is 0 Å². The van der Waals surface area contributed by atoms with Crippen molar-refractivity contribution in [2.45, 2.75) is 52.9 Å². The monoisotopic (exact) mass is 244 g/mol. The average Bonchev–Trinajstić information content (AvgIpc) is 2.34. The molecule has 0 unspecified atom stereocenters. The van der Waals surface area contributed by atoms with Gasteiger partial charge < -0.3 is 0 Å². The third kappa shape index (κ3) is 3.22. The van der Waals surface area contributed by atoms with Crippen LogP contribution >= 0.6 is 0 Å². The minimum Gasteiger partial charge on any atom is -0.299 e. The van der Waals surface area contributed by atoms with E-state index in [1.165, 1.54) is 29.5 Å². The lowest BCUT2D eigenvalue weighted by Gasteiger charge is -2.25. The first-order valence-electron chi connectivity index (χ1n) is 7.15. The number of aryl methyl sites for hydroxylation is 2.